The van der Waals surface area contributed by atoms with Crippen LogP contribution in [0.25, 0.3) is 0 Å². The first-order valence-corrected chi connectivity index (χ1v) is 8.64. The van der Waals surface area contributed by atoms with Crippen LogP contribution in [0.5, 0.6) is 0 Å². The van der Waals surface area contributed by atoms with Gasteiger partial charge in [0.1, 0.15) is 0 Å². The largest absolute Gasteiger partial charge is 0.346 e. The van der Waals surface area contributed by atoms with Crippen molar-refractivity contribution in [1.29, 1.82) is 0 Å². The Morgan fingerprint density at radius 1 is 1.10 bits per heavy atom. The third kappa shape index (κ3) is 3.17. The molecule has 0 radical (unpaired) electrons. The van der Waals surface area contributed by atoms with Crippen LogP contribution < -0.4 is 0 Å². The van der Waals surface area contributed by atoms with Crippen LogP contribution in [0.3, 0.4) is 0 Å². The number of benzene rings is 1. The van der Waals surface area contributed by atoms with E-state index in [1.165, 1.54) is 55.2 Å². The van der Waals surface area contributed by atoms with E-state index in [4.69, 9.17) is 9.47 Å². The molecule has 2 fully saturated rings. The molecule has 0 amide bonds. The summed E-state index contributed by atoms with van der Waals surface area (Å²) in [5.41, 5.74) is 4.24. The fourth-order valence-corrected chi connectivity index (χ4v) is 4.26. The molecule has 0 spiro atoms. The smallest absolute Gasteiger partial charge is 0.184 e. The summed E-state index contributed by atoms with van der Waals surface area (Å²) >= 11 is 0. The van der Waals surface area contributed by atoms with Gasteiger partial charge in [-0.15, -0.1) is 0 Å². The first-order chi connectivity index (χ1) is 10.3. The minimum Gasteiger partial charge on any atom is -0.346 e. The highest BCUT2D eigenvalue weighted by molar-refractivity contribution is 5.39. The molecule has 2 aliphatic rings. The molecule has 1 aromatic carbocycles. The van der Waals surface area contributed by atoms with E-state index in [-0.39, 0.29) is 6.29 Å². The zero-order valence-electron chi connectivity index (χ0n) is 13.4. The highest BCUT2D eigenvalue weighted by Crippen LogP contribution is 2.44. The lowest BCUT2D eigenvalue weighted by atomic mass is 9.71. The molecule has 2 atom stereocenters. The van der Waals surface area contributed by atoms with Crippen molar-refractivity contribution in [3.05, 3.63) is 34.9 Å². The van der Waals surface area contributed by atoms with E-state index in [2.05, 4.69) is 32.0 Å². The van der Waals surface area contributed by atoms with Gasteiger partial charge in [-0.05, 0) is 42.7 Å². The van der Waals surface area contributed by atoms with Crippen molar-refractivity contribution >= 4 is 0 Å². The highest BCUT2D eigenvalue weighted by atomic mass is 16.7. The van der Waals surface area contributed by atoms with E-state index in [9.17, 15) is 0 Å². The zero-order valence-corrected chi connectivity index (χ0v) is 13.4. The Morgan fingerprint density at radius 2 is 1.86 bits per heavy atom. The van der Waals surface area contributed by atoms with Crippen LogP contribution in [0.4, 0.5) is 0 Å². The molecular formula is C19H28O2. The van der Waals surface area contributed by atoms with Crippen molar-refractivity contribution in [3.8, 4) is 0 Å². The Labute approximate surface area is 128 Å². The van der Waals surface area contributed by atoms with Crippen LogP contribution >= 0.6 is 0 Å². The van der Waals surface area contributed by atoms with Crippen molar-refractivity contribution in [2.24, 2.45) is 5.92 Å². The van der Waals surface area contributed by atoms with E-state index in [1.807, 2.05) is 0 Å². The SMILES string of the molecule is CCCC1CCCCC1c1c(C)cccc1C1OCCO1. The summed E-state index contributed by atoms with van der Waals surface area (Å²) < 4.78 is 11.6. The number of hydrogen-bond acceptors (Lipinski definition) is 2. The van der Waals surface area contributed by atoms with Crippen molar-refractivity contribution in [2.45, 2.75) is 64.6 Å². The van der Waals surface area contributed by atoms with Crippen LogP contribution in [0.2, 0.25) is 0 Å². The Bertz CT molecular complexity index is 461. The van der Waals surface area contributed by atoms with E-state index < -0.39 is 0 Å². The van der Waals surface area contributed by atoms with Gasteiger partial charge in [0.15, 0.2) is 6.29 Å². The molecule has 2 unspecified atom stereocenters. The first-order valence-electron chi connectivity index (χ1n) is 8.64. The molecule has 0 bridgehead atoms. The third-order valence-electron chi connectivity index (χ3n) is 5.17. The number of aryl methyl sites for hydroxylation is 1. The molecule has 2 nitrogen and oxygen atoms in total. The maximum Gasteiger partial charge on any atom is 0.184 e. The summed E-state index contributed by atoms with van der Waals surface area (Å²) in [6.07, 6.45) is 7.99. The van der Waals surface area contributed by atoms with Crippen molar-refractivity contribution in [3.63, 3.8) is 0 Å². The van der Waals surface area contributed by atoms with Gasteiger partial charge in [0.2, 0.25) is 0 Å². The summed E-state index contributed by atoms with van der Waals surface area (Å²) in [5.74, 6) is 1.53. The van der Waals surface area contributed by atoms with E-state index >= 15 is 0 Å². The van der Waals surface area contributed by atoms with Crippen LogP contribution in [0.15, 0.2) is 18.2 Å². The Morgan fingerprint density at radius 3 is 2.62 bits per heavy atom. The van der Waals surface area contributed by atoms with Gasteiger partial charge in [-0.1, -0.05) is 50.8 Å². The molecule has 21 heavy (non-hydrogen) atoms. The molecule has 1 aromatic rings. The van der Waals surface area contributed by atoms with Gasteiger partial charge < -0.3 is 9.47 Å². The molecule has 116 valence electrons. The first kappa shape index (κ1) is 15.1. The molecule has 0 N–H and O–H groups in total. The van der Waals surface area contributed by atoms with Gasteiger partial charge in [-0.3, -0.25) is 0 Å². The number of hydrogen-bond donors (Lipinski definition) is 0. The molecule has 1 aliphatic carbocycles. The Balaban J connectivity index is 1.95. The second-order valence-corrected chi connectivity index (χ2v) is 6.59. The van der Waals surface area contributed by atoms with E-state index in [1.54, 1.807) is 0 Å². The van der Waals surface area contributed by atoms with Gasteiger partial charge >= 0.3 is 0 Å². The molecule has 0 aromatic heterocycles. The van der Waals surface area contributed by atoms with Gasteiger partial charge in [-0.2, -0.15) is 0 Å². The molecule has 1 aliphatic heterocycles. The third-order valence-corrected chi connectivity index (χ3v) is 5.17. The lowest BCUT2D eigenvalue weighted by molar-refractivity contribution is -0.0452. The summed E-state index contributed by atoms with van der Waals surface area (Å²) in [5, 5.41) is 0. The van der Waals surface area contributed by atoms with E-state index in [0.717, 1.165) is 19.1 Å². The molecular weight excluding hydrogens is 260 g/mol. The van der Waals surface area contributed by atoms with Gasteiger partial charge in [0.05, 0.1) is 13.2 Å². The van der Waals surface area contributed by atoms with Gasteiger partial charge in [0, 0.05) is 5.56 Å². The lowest BCUT2D eigenvalue weighted by Crippen LogP contribution is -2.21. The predicted molar refractivity (Wildman–Crippen MR) is 85.4 cm³/mol. The predicted octanol–water partition coefficient (Wildman–Crippen LogP) is 5.11. The fraction of sp³-hybridized carbons (Fsp3) is 0.684. The standard InChI is InChI=1S/C19H28O2/c1-3-7-15-9-4-5-10-16(15)18-14(2)8-6-11-17(18)19-20-12-13-21-19/h6,8,11,15-16,19H,3-5,7,9-10,12-13H2,1-2H3. The second-order valence-electron chi connectivity index (χ2n) is 6.59. The average Bonchev–Trinajstić information content (AvgIpc) is 3.02. The highest BCUT2D eigenvalue weighted by Gasteiger charge is 2.31. The van der Waals surface area contributed by atoms with Crippen LogP contribution in [0.1, 0.15) is 74.3 Å². The second kappa shape index (κ2) is 6.93. The van der Waals surface area contributed by atoms with Crippen LogP contribution in [-0.2, 0) is 9.47 Å². The summed E-state index contributed by atoms with van der Waals surface area (Å²) in [6.45, 7) is 6.02. The van der Waals surface area contributed by atoms with Crippen molar-refractivity contribution in [2.75, 3.05) is 13.2 Å². The normalized spacial score (nSPS) is 27.1. The molecule has 1 heterocycles. The van der Waals surface area contributed by atoms with Crippen LogP contribution in [-0.4, -0.2) is 13.2 Å². The molecule has 1 saturated carbocycles. The minimum atomic E-state index is -0.135. The van der Waals surface area contributed by atoms with Crippen LogP contribution in [0, 0.1) is 12.8 Å². The Hall–Kier alpha value is -0.860. The number of rotatable bonds is 4. The minimum absolute atomic E-state index is 0.135. The van der Waals surface area contributed by atoms with Crippen molar-refractivity contribution in [1.82, 2.24) is 0 Å². The fourth-order valence-electron chi connectivity index (χ4n) is 4.26. The monoisotopic (exact) mass is 288 g/mol. The molecule has 2 heteroatoms. The topological polar surface area (TPSA) is 18.5 Å². The molecule has 1 saturated heterocycles. The summed E-state index contributed by atoms with van der Waals surface area (Å²) in [7, 11) is 0. The van der Waals surface area contributed by atoms with Gasteiger partial charge in [0.25, 0.3) is 0 Å². The van der Waals surface area contributed by atoms with E-state index in [0.29, 0.717) is 5.92 Å². The lowest BCUT2D eigenvalue weighted by Gasteiger charge is -2.34. The number of ether oxygens (including phenoxy) is 2. The Kier molecular flexibility index (Phi) is 4.97. The quantitative estimate of drug-likeness (QED) is 0.766. The summed E-state index contributed by atoms with van der Waals surface area (Å²) in [6, 6.07) is 6.62. The summed E-state index contributed by atoms with van der Waals surface area (Å²) in [4.78, 5) is 0. The maximum atomic E-state index is 5.80. The van der Waals surface area contributed by atoms with Gasteiger partial charge in [-0.25, -0.2) is 0 Å². The maximum absolute atomic E-state index is 5.80. The molecule has 3 rings (SSSR count). The van der Waals surface area contributed by atoms with Crippen molar-refractivity contribution < 1.29 is 9.47 Å². The zero-order chi connectivity index (χ0) is 14.7. The average molecular weight is 288 g/mol.